The Balaban J connectivity index is 1.83. The molecule has 0 fully saturated rings. The molecule has 3 aromatic rings. The SMILES string of the molecule is CC(=O)N(C)c1cccc(NC(=O)c2cc(NC(=O)c3ccco3)c(F)cc2F)c1. The van der Waals surface area contributed by atoms with E-state index in [4.69, 9.17) is 4.42 Å². The van der Waals surface area contributed by atoms with E-state index in [1.165, 1.54) is 36.3 Å². The van der Waals surface area contributed by atoms with Crippen LogP contribution in [-0.2, 0) is 4.79 Å². The minimum atomic E-state index is -1.10. The maximum absolute atomic E-state index is 14.2. The molecule has 0 aliphatic carbocycles. The van der Waals surface area contributed by atoms with Crippen LogP contribution < -0.4 is 15.5 Å². The van der Waals surface area contributed by atoms with Crippen molar-refractivity contribution in [3.8, 4) is 0 Å². The zero-order valence-corrected chi connectivity index (χ0v) is 16.0. The molecule has 3 amide bonds. The lowest BCUT2D eigenvalue weighted by Gasteiger charge is -2.16. The summed E-state index contributed by atoms with van der Waals surface area (Å²) in [5.41, 5.74) is -0.0359. The fraction of sp³-hybridized carbons (Fsp3) is 0.0952. The van der Waals surface area contributed by atoms with E-state index in [0.29, 0.717) is 17.4 Å². The highest BCUT2D eigenvalue weighted by Gasteiger charge is 2.19. The van der Waals surface area contributed by atoms with Crippen LogP contribution in [0.5, 0.6) is 0 Å². The normalized spacial score (nSPS) is 10.4. The number of nitrogens with zero attached hydrogens (tertiary/aromatic N) is 1. The van der Waals surface area contributed by atoms with Crippen LogP contribution in [0.3, 0.4) is 0 Å². The molecular weight excluding hydrogens is 396 g/mol. The van der Waals surface area contributed by atoms with Crippen molar-refractivity contribution in [2.75, 3.05) is 22.6 Å². The molecule has 1 aromatic heterocycles. The number of halogens is 2. The number of benzene rings is 2. The van der Waals surface area contributed by atoms with Crippen LogP contribution in [0.25, 0.3) is 0 Å². The molecule has 154 valence electrons. The summed E-state index contributed by atoms with van der Waals surface area (Å²) < 4.78 is 33.2. The molecule has 0 unspecified atom stereocenters. The van der Waals surface area contributed by atoms with Crippen molar-refractivity contribution in [1.82, 2.24) is 0 Å². The standard InChI is InChI=1S/C21H17F2N3O4/c1-12(27)26(2)14-6-3-5-13(9-14)24-20(28)15-10-18(17(23)11-16(15)22)25-21(29)19-7-4-8-30-19/h3-11H,1-2H3,(H,24,28)(H,25,29). The smallest absolute Gasteiger partial charge is 0.291 e. The van der Waals surface area contributed by atoms with E-state index in [9.17, 15) is 23.2 Å². The second kappa shape index (κ2) is 8.56. The molecule has 0 atom stereocenters. The fourth-order valence-electron chi connectivity index (χ4n) is 2.58. The molecule has 1 heterocycles. The third kappa shape index (κ3) is 4.52. The highest BCUT2D eigenvalue weighted by atomic mass is 19.1. The third-order valence-corrected chi connectivity index (χ3v) is 4.26. The molecule has 3 rings (SSSR count). The predicted octanol–water partition coefficient (Wildman–Crippen LogP) is 4.05. The first kappa shape index (κ1) is 20.7. The van der Waals surface area contributed by atoms with Crippen molar-refractivity contribution < 1.29 is 27.6 Å². The monoisotopic (exact) mass is 413 g/mol. The van der Waals surface area contributed by atoms with Gasteiger partial charge < -0.3 is 20.0 Å². The van der Waals surface area contributed by atoms with Gasteiger partial charge in [0.2, 0.25) is 5.91 Å². The lowest BCUT2D eigenvalue weighted by molar-refractivity contribution is -0.116. The number of carbonyl (C=O) groups is 3. The predicted molar refractivity (Wildman–Crippen MR) is 106 cm³/mol. The molecule has 0 spiro atoms. The molecule has 0 aliphatic rings. The second-order valence-electron chi connectivity index (χ2n) is 6.33. The summed E-state index contributed by atoms with van der Waals surface area (Å²) in [7, 11) is 1.57. The Hall–Kier alpha value is -4.01. The summed E-state index contributed by atoms with van der Waals surface area (Å²) >= 11 is 0. The first-order valence-corrected chi connectivity index (χ1v) is 8.76. The first-order chi connectivity index (χ1) is 14.3. The molecule has 0 saturated heterocycles. The molecule has 0 radical (unpaired) electrons. The third-order valence-electron chi connectivity index (χ3n) is 4.26. The van der Waals surface area contributed by atoms with Crippen LogP contribution in [0.4, 0.5) is 25.8 Å². The number of nitrogens with one attached hydrogen (secondary N) is 2. The van der Waals surface area contributed by atoms with Gasteiger partial charge in [0.05, 0.1) is 17.5 Å². The van der Waals surface area contributed by atoms with E-state index in [-0.39, 0.29) is 17.4 Å². The van der Waals surface area contributed by atoms with Gasteiger partial charge in [0.25, 0.3) is 11.8 Å². The lowest BCUT2D eigenvalue weighted by atomic mass is 10.1. The molecule has 9 heteroatoms. The summed E-state index contributed by atoms with van der Waals surface area (Å²) in [5, 5.41) is 4.73. The molecule has 0 bridgehead atoms. The van der Waals surface area contributed by atoms with Gasteiger partial charge in [-0.05, 0) is 36.4 Å². The van der Waals surface area contributed by atoms with Crippen molar-refractivity contribution in [2.45, 2.75) is 6.92 Å². The van der Waals surface area contributed by atoms with Crippen LogP contribution in [-0.4, -0.2) is 24.8 Å². The number of hydrogen-bond donors (Lipinski definition) is 2. The minimum Gasteiger partial charge on any atom is -0.459 e. The van der Waals surface area contributed by atoms with Crippen LogP contribution in [0, 0.1) is 11.6 Å². The number of anilines is 3. The maximum atomic E-state index is 14.2. The van der Waals surface area contributed by atoms with Gasteiger partial charge in [0.1, 0.15) is 11.6 Å². The summed E-state index contributed by atoms with van der Waals surface area (Å²) in [6.45, 7) is 1.39. The van der Waals surface area contributed by atoms with Crippen LogP contribution in [0.1, 0.15) is 27.8 Å². The summed E-state index contributed by atoms with van der Waals surface area (Å²) in [4.78, 5) is 37.5. The summed E-state index contributed by atoms with van der Waals surface area (Å²) in [5.74, 6) is -4.04. The number of carbonyl (C=O) groups excluding carboxylic acids is 3. The van der Waals surface area contributed by atoms with Gasteiger partial charge in [-0.2, -0.15) is 0 Å². The van der Waals surface area contributed by atoms with Gasteiger partial charge in [-0.1, -0.05) is 6.07 Å². The van der Waals surface area contributed by atoms with Crippen LogP contribution in [0.2, 0.25) is 0 Å². The van der Waals surface area contributed by atoms with Gasteiger partial charge in [-0.25, -0.2) is 8.78 Å². The Kier molecular flexibility index (Phi) is 5.91. The maximum Gasteiger partial charge on any atom is 0.291 e. The van der Waals surface area contributed by atoms with E-state index < -0.39 is 29.0 Å². The summed E-state index contributed by atoms with van der Waals surface area (Å²) in [6.07, 6.45) is 1.27. The molecule has 0 aliphatic heterocycles. The van der Waals surface area contributed by atoms with Gasteiger partial charge >= 0.3 is 0 Å². The first-order valence-electron chi connectivity index (χ1n) is 8.76. The summed E-state index contributed by atoms with van der Waals surface area (Å²) in [6, 6.07) is 10.6. The fourth-order valence-corrected chi connectivity index (χ4v) is 2.58. The topological polar surface area (TPSA) is 91.7 Å². The zero-order valence-electron chi connectivity index (χ0n) is 16.0. The number of furan rings is 1. The quantitative estimate of drug-likeness (QED) is 0.660. The average Bonchev–Trinajstić information content (AvgIpc) is 3.24. The molecule has 2 N–H and O–H groups in total. The second-order valence-corrected chi connectivity index (χ2v) is 6.33. The lowest BCUT2D eigenvalue weighted by Crippen LogP contribution is -2.23. The molecule has 7 nitrogen and oxygen atoms in total. The zero-order chi connectivity index (χ0) is 21.8. The van der Waals surface area contributed by atoms with Crippen molar-refractivity contribution in [3.05, 3.63) is 77.8 Å². The van der Waals surface area contributed by atoms with Crippen LogP contribution in [0.15, 0.2) is 59.2 Å². The van der Waals surface area contributed by atoms with E-state index in [1.54, 1.807) is 25.2 Å². The van der Waals surface area contributed by atoms with Crippen molar-refractivity contribution in [1.29, 1.82) is 0 Å². The molecular formula is C21H17F2N3O4. The highest BCUT2D eigenvalue weighted by Crippen LogP contribution is 2.23. The largest absolute Gasteiger partial charge is 0.459 e. The Morgan fingerprint density at radius 3 is 2.37 bits per heavy atom. The Morgan fingerprint density at radius 2 is 1.70 bits per heavy atom. The van der Waals surface area contributed by atoms with Crippen LogP contribution >= 0.6 is 0 Å². The van der Waals surface area contributed by atoms with E-state index >= 15 is 0 Å². The Morgan fingerprint density at radius 1 is 0.933 bits per heavy atom. The number of hydrogen-bond acceptors (Lipinski definition) is 4. The van der Waals surface area contributed by atoms with E-state index in [1.807, 2.05) is 0 Å². The Bertz CT molecular complexity index is 1110. The average molecular weight is 413 g/mol. The Labute approximate surface area is 170 Å². The van der Waals surface area contributed by atoms with Crippen molar-refractivity contribution in [2.24, 2.45) is 0 Å². The molecule has 0 saturated carbocycles. The van der Waals surface area contributed by atoms with Crippen molar-refractivity contribution in [3.63, 3.8) is 0 Å². The minimum absolute atomic E-state index is 0.0730. The molecule has 30 heavy (non-hydrogen) atoms. The van der Waals surface area contributed by atoms with Gasteiger partial charge in [0, 0.05) is 31.4 Å². The van der Waals surface area contributed by atoms with Gasteiger partial charge in [-0.3, -0.25) is 14.4 Å². The van der Waals surface area contributed by atoms with E-state index in [0.717, 1.165) is 6.07 Å². The van der Waals surface area contributed by atoms with Gasteiger partial charge in [-0.15, -0.1) is 0 Å². The highest BCUT2D eigenvalue weighted by molar-refractivity contribution is 6.07. The van der Waals surface area contributed by atoms with E-state index in [2.05, 4.69) is 10.6 Å². The number of rotatable bonds is 5. The van der Waals surface area contributed by atoms with Gasteiger partial charge in [0.15, 0.2) is 5.76 Å². The van der Waals surface area contributed by atoms with Crippen molar-refractivity contribution >= 4 is 34.8 Å². The molecule has 2 aromatic carbocycles. The number of amides is 3.